The number of hydrogen-bond donors (Lipinski definition) is 1. The summed E-state index contributed by atoms with van der Waals surface area (Å²) in [5.74, 6) is 0. The molecule has 2 fully saturated rings. The Hall–Kier alpha value is -1.43. The van der Waals surface area contributed by atoms with Gasteiger partial charge in [-0.1, -0.05) is 24.3 Å². The summed E-state index contributed by atoms with van der Waals surface area (Å²) in [5, 5.41) is 10.3. The Kier molecular flexibility index (Phi) is 7.74. The topological polar surface area (TPSA) is 40.1 Å². The van der Waals surface area contributed by atoms with Crippen molar-refractivity contribution in [1.82, 2.24) is 15.2 Å². The van der Waals surface area contributed by atoms with Crippen molar-refractivity contribution in [1.29, 1.82) is 0 Å². The average Bonchev–Trinajstić information content (AvgIpc) is 2.69. The van der Waals surface area contributed by atoms with Crippen LogP contribution in [-0.4, -0.2) is 68.6 Å². The standard InChI is InChI=1S/C20H32N4O/c1-2-11-24(12-3-1)22-18-20-7-5-19(6-8-20)17-21-9-4-10-23-13-15-25-16-14-23/h5-8,18,21H,1-4,9-17H2/b22-18+. The van der Waals surface area contributed by atoms with Gasteiger partial charge in [0.2, 0.25) is 0 Å². The lowest BCUT2D eigenvalue weighted by molar-refractivity contribution is 0.0374. The highest BCUT2D eigenvalue weighted by atomic mass is 16.5. The first kappa shape index (κ1) is 18.4. The smallest absolute Gasteiger partial charge is 0.0594 e. The molecule has 2 saturated heterocycles. The fraction of sp³-hybridized carbons (Fsp3) is 0.650. The number of rotatable bonds is 8. The highest BCUT2D eigenvalue weighted by Gasteiger charge is 2.09. The molecule has 0 aromatic heterocycles. The van der Waals surface area contributed by atoms with E-state index in [1.807, 2.05) is 6.21 Å². The summed E-state index contributed by atoms with van der Waals surface area (Å²) in [5.41, 5.74) is 2.52. The predicted molar refractivity (Wildman–Crippen MR) is 103 cm³/mol. The lowest BCUT2D eigenvalue weighted by Gasteiger charge is -2.26. The zero-order valence-electron chi connectivity index (χ0n) is 15.3. The van der Waals surface area contributed by atoms with E-state index in [1.165, 1.54) is 43.4 Å². The zero-order valence-corrected chi connectivity index (χ0v) is 15.3. The molecule has 0 atom stereocenters. The van der Waals surface area contributed by atoms with Crippen LogP contribution in [0, 0.1) is 0 Å². The van der Waals surface area contributed by atoms with E-state index < -0.39 is 0 Å². The maximum absolute atomic E-state index is 5.38. The maximum Gasteiger partial charge on any atom is 0.0594 e. The van der Waals surface area contributed by atoms with Crippen LogP contribution in [0.5, 0.6) is 0 Å². The third-order valence-electron chi connectivity index (χ3n) is 4.94. The van der Waals surface area contributed by atoms with Crippen molar-refractivity contribution in [3.05, 3.63) is 35.4 Å². The zero-order chi connectivity index (χ0) is 17.2. The molecule has 5 nitrogen and oxygen atoms in total. The van der Waals surface area contributed by atoms with Crippen LogP contribution in [0.15, 0.2) is 29.4 Å². The fourth-order valence-corrected chi connectivity index (χ4v) is 3.35. The third-order valence-corrected chi connectivity index (χ3v) is 4.94. The van der Waals surface area contributed by atoms with E-state index in [9.17, 15) is 0 Å². The fourth-order valence-electron chi connectivity index (χ4n) is 3.35. The summed E-state index contributed by atoms with van der Waals surface area (Å²) in [6.07, 6.45) is 7.08. The Balaban J connectivity index is 1.31. The van der Waals surface area contributed by atoms with Crippen LogP contribution in [0.25, 0.3) is 0 Å². The van der Waals surface area contributed by atoms with E-state index in [1.54, 1.807) is 0 Å². The van der Waals surface area contributed by atoms with Crippen LogP contribution in [0.3, 0.4) is 0 Å². The number of hydrazone groups is 1. The maximum atomic E-state index is 5.38. The van der Waals surface area contributed by atoms with Gasteiger partial charge in [0, 0.05) is 32.7 Å². The summed E-state index contributed by atoms with van der Waals surface area (Å²) in [6, 6.07) is 8.73. The van der Waals surface area contributed by atoms with Crippen molar-refractivity contribution >= 4 is 6.21 Å². The molecule has 138 valence electrons. The first-order valence-corrected chi connectivity index (χ1v) is 9.79. The summed E-state index contributed by atoms with van der Waals surface area (Å²) >= 11 is 0. The number of nitrogens with one attached hydrogen (secondary N) is 1. The van der Waals surface area contributed by atoms with Gasteiger partial charge >= 0.3 is 0 Å². The summed E-state index contributed by atoms with van der Waals surface area (Å²) < 4.78 is 5.38. The Morgan fingerprint density at radius 2 is 1.76 bits per heavy atom. The van der Waals surface area contributed by atoms with Gasteiger partial charge < -0.3 is 10.1 Å². The van der Waals surface area contributed by atoms with Gasteiger partial charge in [-0.25, -0.2) is 0 Å². The number of ether oxygens (including phenoxy) is 1. The molecule has 25 heavy (non-hydrogen) atoms. The average molecular weight is 345 g/mol. The molecule has 0 bridgehead atoms. The second-order valence-electron chi connectivity index (χ2n) is 6.98. The van der Waals surface area contributed by atoms with E-state index >= 15 is 0 Å². The van der Waals surface area contributed by atoms with E-state index in [2.05, 4.69) is 44.6 Å². The molecule has 2 heterocycles. The first-order valence-electron chi connectivity index (χ1n) is 9.79. The molecular weight excluding hydrogens is 312 g/mol. The van der Waals surface area contributed by atoms with Gasteiger partial charge in [-0.3, -0.25) is 9.91 Å². The lowest BCUT2D eigenvalue weighted by atomic mass is 10.1. The number of nitrogens with zero attached hydrogens (tertiary/aromatic N) is 3. The molecule has 1 aromatic carbocycles. The van der Waals surface area contributed by atoms with Gasteiger partial charge in [0.05, 0.1) is 19.4 Å². The van der Waals surface area contributed by atoms with Gasteiger partial charge in [-0.2, -0.15) is 5.10 Å². The van der Waals surface area contributed by atoms with Crippen LogP contribution < -0.4 is 5.32 Å². The Bertz CT molecular complexity index is 505. The van der Waals surface area contributed by atoms with E-state index in [0.29, 0.717) is 0 Å². The van der Waals surface area contributed by atoms with E-state index in [0.717, 1.165) is 52.5 Å². The number of benzene rings is 1. The molecule has 1 N–H and O–H groups in total. The molecule has 0 amide bonds. The SMILES string of the molecule is C(=N\N1CCCCC1)/c1ccc(CNCCCN2CCOCC2)cc1. The van der Waals surface area contributed by atoms with Crippen LogP contribution in [0.4, 0.5) is 0 Å². The van der Waals surface area contributed by atoms with Crippen molar-refractivity contribution in [2.45, 2.75) is 32.2 Å². The van der Waals surface area contributed by atoms with Gasteiger partial charge in [-0.15, -0.1) is 0 Å². The summed E-state index contributed by atoms with van der Waals surface area (Å²) in [6.45, 7) is 9.32. The van der Waals surface area contributed by atoms with Crippen LogP contribution in [0.1, 0.15) is 36.8 Å². The minimum atomic E-state index is 0.890. The van der Waals surface area contributed by atoms with E-state index in [4.69, 9.17) is 4.74 Å². The molecule has 2 aliphatic rings. The van der Waals surface area contributed by atoms with Crippen molar-refractivity contribution in [3.63, 3.8) is 0 Å². The molecule has 3 rings (SSSR count). The number of hydrogen-bond acceptors (Lipinski definition) is 5. The normalized spacial score (nSPS) is 19.6. The molecule has 0 unspecified atom stereocenters. The number of morpholine rings is 1. The monoisotopic (exact) mass is 344 g/mol. The first-order chi connectivity index (χ1) is 12.4. The largest absolute Gasteiger partial charge is 0.379 e. The second-order valence-corrected chi connectivity index (χ2v) is 6.98. The molecular formula is C20H32N4O. The van der Waals surface area contributed by atoms with Crippen LogP contribution in [-0.2, 0) is 11.3 Å². The van der Waals surface area contributed by atoms with Gasteiger partial charge in [0.25, 0.3) is 0 Å². The van der Waals surface area contributed by atoms with Gasteiger partial charge in [-0.05, 0) is 49.9 Å². The highest BCUT2D eigenvalue weighted by molar-refractivity contribution is 5.79. The summed E-state index contributed by atoms with van der Waals surface area (Å²) in [4.78, 5) is 2.49. The van der Waals surface area contributed by atoms with Gasteiger partial charge in [0.1, 0.15) is 0 Å². The Morgan fingerprint density at radius 3 is 2.52 bits per heavy atom. The quantitative estimate of drug-likeness (QED) is 0.580. The molecule has 0 spiro atoms. The predicted octanol–water partition coefficient (Wildman–Crippen LogP) is 2.32. The third kappa shape index (κ3) is 6.77. The minimum Gasteiger partial charge on any atom is -0.379 e. The van der Waals surface area contributed by atoms with Crippen molar-refractivity contribution in [2.75, 3.05) is 52.5 Å². The Morgan fingerprint density at radius 1 is 1.00 bits per heavy atom. The van der Waals surface area contributed by atoms with Crippen molar-refractivity contribution in [3.8, 4) is 0 Å². The molecule has 0 radical (unpaired) electrons. The van der Waals surface area contributed by atoms with Crippen molar-refractivity contribution in [2.24, 2.45) is 5.10 Å². The molecule has 1 aromatic rings. The molecule has 0 saturated carbocycles. The molecule has 5 heteroatoms. The minimum absolute atomic E-state index is 0.890. The second kappa shape index (κ2) is 10.5. The van der Waals surface area contributed by atoms with E-state index in [-0.39, 0.29) is 0 Å². The number of piperidine rings is 1. The van der Waals surface area contributed by atoms with Crippen LogP contribution in [0.2, 0.25) is 0 Å². The van der Waals surface area contributed by atoms with Crippen molar-refractivity contribution < 1.29 is 4.74 Å². The van der Waals surface area contributed by atoms with Crippen LogP contribution >= 0.6 is 0 Å². The lowest BCUT2D eigenvalue weighted by Crippen LogP contribution is -2.37. The Labute approximate surface area is 152 Å². The highest BCUT2D eigenvalue weighted by Crippen LogP contribution is 2.09. The molecule has 0 aliphatic carbocycles. The van der Waals surface area contributed by atoms with Gasteiger partial charge in [0.15, 0.2) is 0 Å². The summed E-state index contributed by atoms with van der Waals surface area (Å²) in [7, 11) is 0. The molecule has 2 aliphatic heterocycles.